The average molecular weight is 232 g/mol. The lowest BCUT2D eigenvalue weighted by Crippen LogP contribution is -2.32. The Morgan fingerprint density at radius 2 is 2.20 bits per heavy atom. The molecule has 1 rings (SSSR count). The van der Waals surface area contributed by atoms with Crippen molar-refractivity contribution in [3.05, 3.63) is 28.3 Å². The van der Waals surface area contributed by atoms with Crippen LogP contribution in [0.25, 0.3) is 0 Å². The lowest BCUT2D eigenvalue weighted by molar-refractivity contribution is 0.0944. The molecule has 80 valence electrons. The van der Waals surface area contributed by atoms with Gasteiger partial charge < -0.3 is 0 Å². The molecule has 0 spiro atoms. The smallest absolute Gasteiger partial charge is 0.286 e. The molecule has 1 amide bonds. The normalized spacial score (nSPS) is 9.87. The Bertz CT molecular complexity index is 436. The van der Waals surface area contributed by atoms with Crippen molar-refractivity contribution in [3.8, 4) is 0 Å². The third-order valence-electron chi connectivity index (χ3n) is 1.65. The first-order valence-electron chi connectivity index (χ1n) is 3.85. The summed E-state index contributed by atoms with van der Waals surface area (Å²) >= 11 is 5.52. The number of halogens is 2. The molecular weight excluding hydrogens is 225 g/mol. The molecule has 0 radical (unpaired) electrons. The molecule has 0 unspecified atom stereocenters. The fourth-order valence-electron chi connectivity index (χ4n) is 0.973. The van der Waals surface area contributed by atoms with Gasteiger partial charge in [0.05, 0.1) is 5.56 Å². The summed E-state index contributed by atoms with van der Waals surface area (Å²) in [5.41, 5.74) is 0.805. The SMILES string of the molecule is CC(=O)c1cc(Cl)nc(C(=O)NN)c1F. The van der Waals surface area contributed by atoms with Crippen LogP contribution in [0, 0.1) is 5.82 Å². The van der Waals surface area contributed by atoms with E-state index in [1.54, 1.807) is 5.43 Å². The molecular formula is C8H7ClFN3O2. The van der Waals surface area contributed by atoms with Crippen LogP contribution in [0.1, 0.15) is 27.8 Å². The number of nitrogen functional groups attached to an aromatic ring is 1. The Balaban J connectivity index is 3.41. The largest absolute Gasteiger partial charge is 0.294 e. The summed E-state index contributed by atoms with van der Waals surface area (Å²) in [6, 6.07) is 1.05. The van der Waals surface area contributed by atoms with E-state index >= 15 is 0 Å². The van der Waals surface area contributed by atoms with Crippen LogP contribution in [-0.4, -0.2) is 16.7 Å². The van der Waals surface area contributed by atoms with E-state index in [1.165, 1.54) is 0 Å². The zero-order valence-electron chi connectivity index (χ0n) is 7.67. The number of hydrogen-bond donors (Lipinski definition) is 2. The van der Waals surface area contributed by atoms with E-state index < -0.39 is 23.2 Å². The number of amides is 1. The monoisotopic (exact) mass is 231 g/mol. The molecule has 0 bridgehead atoms. The van der Waals surface area contributed by atoms with Crippen LogP contribution in [0.4, 0.5) is 4.39 Å². The van der Waals surface area contributed by atoms with Crippen molar-refractivity contribution < 1.29 is 14.0 Å². The van der Waals surface area contributed by atoms with Gasteiger partial charge in [-0.15, -0.1) is 0 Å². The standard InChI is InChI=1S/C8H7ClFN3O2/c1-3(14)4-2-5(9)12-7(6(4)10)8(15)13-11/h2H,11H2,1H3,(H,13,15). The van der Waals surface area contributed by atoms with Gasteiger partial charge in [-0.2, -0.15) is 0 Å². The molecule has 0 aliphatic rings. The van der Waals surface area contributed by atoms with Crippen LogP contribution in [0.5, 0.6) is 0 Å². The van der Waals surface area contributed by atoms with Gasteiger partial charge in [-0.05, 0) is 13.0 Å². The second-order valence-electron chi connectivity index (χ2n) is 2.68. The number of nitrogens with two attached hydrogens (primary N) is 1. The minimum atomic E-state index is -1.03. The highest BCUT2D eigenvalue weighted by molar-refractivity contribution is 6.30. The predicted octanol–water partition coefficient (Wildman–Crippen LogP) is 0.680. The number of hydrogen-bond acceptors (Lipinski definition) is 4. The van der Waals surface area contributed by atoms with Crippen LogP contribution < -0.4 is 11.3 Å². The summed E-state index contributed by atoms with van der Waals surface area (Å²) in [4.78, 5) is 25.5. The molecule has 0 atom stereocenters. The first-order valence-corrected chi connectivity index (χ1v) is 4.23. The number of carbonyl (C=O) groups excluding carboxylic acids is 2. The van der Waals surface area contributed by atoms with Crippen LogP contribution in [0.3, 0.4) is 0 Å². The van der Waals surface area contributed by atoms with Gasteiger partial charge in [0, 0.05) is 0 Å². The number of ketones is 1. The van der Waals surface area contributed by atoms with E-state index in [0.717, 1.165) is 13.0 Å². The number of pyridine rings is 1. The number of hydrazine groups is 1. The van der Waals surface area contributed by atoms with E-state index in [0.29, 0.717) is 0 Å². The molecule has 1 aromatic heterocycles. The minimum Gasteiger partial charge on any atom is -0.294 e. The molecule has 7 heteroatoms. The highest BCUT2D eigenvalue weighted by Gasteiger charge is 2.19. The van der Waals surface area contributed by atoms with Crippen molar-refractivity contribution in [1.82, 2.24) is 10.4 Å². The number of aromatic nitrogens is 1. The number of Topliss-reactive ketones (excluding diaryl/α,β-unsaturated/α-hetero) is 1. The predicted molar refractivity (Wildman–Crippen MR) is 50.9 cm³/mol. The second-order valence-corrected chi connectivity index (χ2v) is 3.07. The lowest BCUT2D eigenvalue weighted by atomic mass is 10.1. The molecule has 0 saturated carbocycles. The maximum absolute atomic E-state index is 13.5. The minimum absolute atomic E-state index is 0.153. The van der Waals surface area contributed by atoms with E-state index in [-0.39, 0.29) is 10.7 Å². The zero-order valence-corrected chi connectivity index (χ0v) is 8.43. The molecule has 1 aromatic rings. The highest BCUT2D eigenvalue weighted by Crippen LogP contribution is 2.16. The van der Waals surface area contributed by atoms with Gasteiger partial charge in [0.25, 0.3) is 5.91 Å². The van der Waals surface area contributed by atoms with Crippen molar-refractivity contribution in [2.75, 3.05) is 0 Å². The van der Waals surface area contributed by atoms with Crippen LogP contribution in [-0.2, 0) is 0 Å². The van der Waals surface area contributed by atoms with Crippen molar-refractivity contribution in [2.24, 2.45) is 5.84 Å². The molecule has 5 nitrogen and oxygen atoms in total. The molecule has 0 aliphatic heterocycles. The van der Waals surface area contributed by atoms with Crippen LogP contribution in [0.15, 0.2) is 6.07 Å². The van der Waals surface area contributed by atoms with Gasteiger partial charge in [-0.1, -0.05) is 11.6 Å². The quantitative estimate of drug-likeness (QED) is 0.258. The fourth-order valence-corrected chi connectivity index (χ4v) is 1.17. The van der Waals surface area contributed by atoms with Crippen molar-refractivity contribution in [3.63, 3.8) is 0 Å². The van der Waals surface area contributed by atoms with E-state index in [2.05, 4.69) is 4.98 Å². The third-order valence-corrected chi connectivity index (χ3v) is 1.85. The van der Waals surface area contributed by atoms with Gasteiger partial charge >= 0.3 is 0 Å². The summed E-state index contributed by atoms with van der Waals surface area (Å²) in [7, 11) is 0. The second kappa shape index (κ2) is 4.33. The third kappa shape index (κ3) is 2.28. The molecule has 0 saturated heterocycles. The highest BCUT2D eigenvalue weighted by atomic mass is 35.5. The first kappa shape index (κ1) is 11.5. The Kier molecular flexibility index (Phi) is 3.33. The van der Waals surface area contributed by atoms with Gasteiger partial charge in [0.1, 0.15) is 5.15 Å². The van der Waals surface area contributed by atoms with Gasteiger partial charge in [0.2, 0.25) is 0 Å². The first-order chi connectivity index (χ1) is 6.97. The summed E-state index contributed by atoms with van der Waals surface area (Å²) in [5.74, 6) is 2.28. The fraction of sp³-hybridized carbons (Fsp3) is 0.125. The Hall–Kier alpha value is -1.53. The molecule has 0 aliphatic carbocycles. The summed E-state index contributed by atoms with van der Waals surface area (Å²) in [5, 5.41) is -0.153. The summed E-state index contributed by atoms with van der Waals surface area (Å²) in [6.07, 6.45) is 0. The molecule has 3 N–H and O–H groups in total. The van der Waals surface area contributed by atoms with Crippen molar-refractivity contribution in [2.45, 2.75) is 6.92 Å². The Morgan fingerprint density at radius 3 is 2.67 bits per heavy atom. The molecule has 15 heavy (non-hydrogen) atoms. The van der Waals surface area contributed by atoms with Gasteiger partial charge in [-0.3, -0.25) is 15.0 Å². The van der Waals surface area contributed by atoms with Gasteiger partial charge in [-0.25, -0.2) is 15.2 Å². The number of nitrogens with one attached hydrogen (secondary N) is 1. The average Bonchev–Trinajstić information content (AvgIpc) is 2.19. The van der Waals surface area contributed by atoms with Crippen molar-refractivity contribution in [1.29, 1.82) is 0 Å². The molecule has 1 heterocycles. The topological polar surface area (TPSA) is 85.1 Å². The Labute approximate surface area is 89.4 Å². The van der Waals surface area contributed by atoms with Gasteiger partial charge in [0.15, 0.2) is 17.3 Å². The zero-order chi connectivity index (χ0) is 11.6. The number of nitrogens with zero attached hydrogens (tertiary/aromatic N) is 1. The van der Waals surface area contributed by atoms with Crippen LogP contribution in [0.2, 0.25) is 5.15 Å². The maximum Gasteiger partial charge on any atom is 0.286 e. The van der Waals surface area contributed by atoms with E-state index in [9.17, 15) is 14.0 Å². The van der Waals surface area contributed by atoms with Crippen LogP contribution >= 0.6 is 11.6 Å². The summed E-state index contributed by atoms with van der Waals surface area (Å²) < 4.78 is 13.5. The molecule has 0 fully saturated rings. The Morgan fingerprint density at radius 1 is 1.60 bits per heavy atom. The lowest BCUT2D eigenvalue weighted by Gasteiger charge is -2.04. The van der Waals surface area contributed by atoms with E-state index in [1.807, 2.05) is 0 Å². The number of rotatable bonds is 2. The summed E-state index contributed by atoms with van der Waals surface area (Å²) in [6.45, 7) is 1.15. The number of carbonyl (C=O) groups is 2. The van der Waals surface area contributed by atoms with E-state index in [4.69, 9.17) is 17.4 Å². The van der Waals surface area contributed by atoms with Crippen molar-refractivity contribution >= 4 is 23.3 Å². The maximum atomic E-state index is 13.5. The molecule has 0 aromatic carbocycles.